The molecular formula is C11H12Cl2F3NO. The summed E-state index contributed by atoms with van der Waals surface area (Å²) in [6.45, 7) is 1.31. The molecule has 1 saturated heterocycles. The van der Waals surface area contributed by atoms with E-state index in [0.29, 0.717) is 13.2 Å². The van der Waals surface area contributed by atoms with Gasteiger partial charge in [0, 0.05) is 11.6 Å². The quantitative estimate of drug-likeness (QED) is 0.858. The van der Waals surface area contributed by atoms with Gasteiger partial charge < -0.3 is 10.1 Å². The van der Waals surface area contributed by atoms with E-state index in [4.69, 9.17) is 16.3 Å². The van der Waals surface area contributed by atoms with Crippen LogP contribution in [0.15, 0.2) is 18.2 Å². The summed E-state index contributed by atoms with van der Waals surface area (Å²) in [5, 5.41) is 3.08. The van der Waals surface area contributed by atoms with Gasteiger partial charge in [-0.25, -0.2) is 0 Å². The molecular weight excluding hydrogens is 290 g/mol. The van der Waals surface area contributed by atoms with Crippen LogP contribution < -0.4 is 5.32 Å². The second-order valence-corrected chi connectivity index (χ2v) is 4.25. The van der Waals surface area contributed by atoms with Crippen LogP contribution in [0.2, 0.25) is 5.02 Å². The highest BCUT2D eigenvalue weighted by Crippen LogP contribution is 2.36. The zero-order chi connectivity index (χ0) is 12.5. The lowest BCUT2D eigenvalue weighted by molar-refractivity contribution is -0.138. The molecule has 1 aromatic carbocycles. The smallest absolute Gasteiger partial charge is 0.378 e. The molecule has 1 N–H and O–H groups in total. The maximum absolute atomic E-state index is 12.9. The summed E-state index contributed by atoms with van der Waals surface area (Å²) < 4.78 is 43.7. The Morgan fingerprint density at radius 1 is 1.33 bits per heavy atom. The first-order valence-corrected chi connectivity index (χ1v) is 5.54. The van der Waals surface area contributed by atoms with Crippen LogP contribution >= 0.6 is 24.0 Å². The Labute approximate surface area is 114 Å². The summed E-state index contributed by atoms with van der Waals surface area (Å²) in [7, 11) is 0. The van der Waals surface area contributed by atoms with E-state index >= 15 is 0 Å². The van der Waals surface area contributed by atoms with Gasteiger partial charge in [-0.2, -0.15) is 13.2 Å². The number of rotatable bonds is 1. The highest BCUT2D eigenvalue weighted by molar-refractivity contribution is 6.30. The summed E-state index contributed by atoms with van der Waals surface area (Å²) in [5.41, 5.74) is -0.519. The van der Waals surface area contributed by atoms with Crippen LogP contribution in [0.5, 0.6) is 0 Å². The summed E-state index contributed by atoms with van der Waals surface area (Å²) in [5.74, 6) is 0. The molecule has 102 valence electrons. The molecule has 1 aliphatic rings. The lowest BCUT2D eigenvalue weighted by Crippen LogP contribution is -2.35. The molecule has 2 nitrogen and oxygen atoms in total. The van der Waals surface area contributed by atoms with Crippen LogP contribution in [0.3, 0.4) is 0 Å². The third-order valence-corrected chi connectivity index (χ3v) is 2.85. The van der Waals surface area contributed by atoms with Crippen LogP contribution in [-0.2, 0) is 10.9 Å². The Hall–Kier alpha value is -0.490. The molecule has 0 spiro atoms. The van der Waals surface area contributed by atoms with Crippen molar-refractivity contribution in [1.29, 1.82) is 0 Å². The summed E-state index contributed by atoms with van der Waals surface area (Å²) in [6, 6.07) is 3.38. The SMILES string of the molecule is Cl.FC(F)(F)c1cc(Cl)ccc1[C@@H]1COCCN1. The van der Waals surface area contributed by atoms with Gasteiger partial charge in [0.05, 0.1) is 24.8 Å². The lowest BCUT2D eigenvalue weighted by atomic mass is 9.99. The average Bonchev–Trinajstić information content (AvgIpc) is 2.29. The molecule has 0 amide bonds. The fourth-order valence-electron chi connectivity index (χ4n) is 1.84. The maximum atomic E-state index is 12.9. The predicted octanol–water partition coefficient (Wildman–Crippen LogP) is 3.44. The van der Waals surface area contributed by atoms with Crippen molar-refractivity contribution in [2.45, 2.75) is 12.2 Å². The van der Waals surface area contributed by atoms with Crippen molar-refractivity contribution in [3.63, 3.8) is 0 Å². The minimum atomic E-state index is -4.40. The highest BCUT2D eigenvalue weighted by atomic mass is 35.5. The van der Waals surface area contributed by atoms with E-state index < -0.39 is 17.8 Å². The van der Waals surface area contributed by atoms with Crippen LogP contribution in [0.4, 0.5) is 13.2 Å². The van der Waals surface area contributed by atoms with Crippen molar-refractivity contribution < 1.29 is 17.9 Å². The third kappa shape index (κ3) is 3.51. The van der Waals surface area contributed by atoms with Crippen molar-refractivity contribution >= 4 is 24.0 Å². The molecule has 0 aromatic heterocycles. The van der Waals surface area contributed by atoms with Gasteiger partial charge in [-0.3, -0.25) is 0 Å². The Morgan fingerprint density at radius 3 is 2.61 bits per heavy atom. The van der Waals surface area contributed by atoms with Gasteiger partial charge in [0.2, 0.25) is 0 Å². The number of hydrogen-bond donors (Lipinski definition) is 1. The Morgan fingerprint density at radius 2 is 2.06 bits per heavy atom. The number of ether oxygens (including phenoxy) is 1. The van der Waals surface area contributed by atoms with Crippen molar-refractivity contribution in [3.05, 3.63) is 34.3 Å². The summed E-state index contributed by atoms with van der Waals surface area (Å²) >= 11 is 5.61. The number of hydrogen-bond acceptors (Lipinski definition) is 2. The first-order valence-electron chi connectivity index (χ1n) is 5.16. The van der Waals surface area contributed by atoms with E-state index in [2.05, 4.69) is 5.32 Å². The van der Waals surface area contributed by atoms with Crippen LogP contribution in [0.25, 0.3) is 0 Å². The molecule has 1 aliphatic heterocycles. The molecule has 1 heterocycles. The molecule has 0 radical (unpaired) electrons. The molecule has 0 unspecified atom stereocenters. The summed E-state index contributed by atoms with van der Waals surface area (Å²) in [6.07, 6.45) is -4.40. The fourth-order valence-corrected chi connectivity index (χ4v) is 2.02. The molecule has 1 atom stereocenters. The van der Waals surface area contributed by atoms with Gasteiger partial charge in [0.25, 0.3) is 0 Å². The monoisotopic (exact) mass is 301 g/mol. The first kappa shape index (κ1) is 15.6. The minimum absolute atomic E-state index is 0. The molecule has 1 fully saturated rings. The van der Waals surface area contributed by atoms with Gasteiger partial charge in [-0.05, 0) is 17.7 Å². The number of morpholine rings is 1. The van der Waals surface area contributed by atoms with Crippen LogP contribution in [-0.4, -0.2) is 19.8 Å². The lowest BCUT2D eigenvalue weighted by Gasteiger charge is -2.26. The van der Waals surface area contributed by atoms with E-state index in [0.717, 1.165) is 6.07 Å². The second kappa shape index (κ2) is 6.10. The Kier molecular flexibility index (Phi) is 5.28. The second-order valence-electron chi connectivity index (χ2n) is 3.81. The fraction of sp³-hybridized carbons (Fsp3) is 0.455. The van der Waals surface area contributed by atoms with Gasteiger partial charge >= 0.3 is 6.18 Å². The largest absolute Gasteiger partial charge is 0.416 e. The number of nitrogens with one attached hydrogen (secondary N) is 1. The Balaban J connectivity index is 0.00000162. The minimum Gasteiger partial charge on any atom is -0.378 e. The van der Waals surface area contributed by atoms with E-state index in [-0.39, 0.29) is 29.6 Å². The number of alkyl halides is 3. The molecule has 0 aliphatic carbocycles. The van der Waals surface area contributed by atoms with Gasteiger partial charge in [0.1, 0.15) is 0 Å². The molecule has 18 heavy (non-hydrogen) atoms. The van der Waals surface area contributed by atoms with Gasteiger partial charge in [-0.15, -0.1) is 12.4 Å². The van der Waals surface area contributed by atoms with Crippen molar-refractivity contribution in [3.8, 4) is 0 Å². The van der Waals surface area contributed by atoms with Crippen LogP contribution in [0.1, 0.15) is 17.2 Å². The van der Waals surface area contributed by atoms with E-state index in [1.165, 1.54) is 12.1 Å². The van der Waals surface area contributed by atoms with Gasteiger partial charge in [0.15, 0.2) is 0 Å². The van der Waals surface area contributed by atoms with E-state index in [1.54, 1.807) is 0 Å². The zero-order valence-corrected chi connectivity index (χ0v) is 10.8. The highest BCUT2D eigenvalue weighted by Gasteiger charge is 2.35. The third-order valence-electron chi connectivity index (χ3n) is 2.62. The molecule has 0 saturated carbocycles. The maximum Gasteiger partial charge on any atom is 0.416 e. The van der Waals surface area contributed by atoms with Crippen LogP contribution in [0, 0.1) is 0 Å². The van der Waals surface area contributed by atoms with E-state index in [1.807, 2.05) is 0 Å². The summed E-state index contributed by atoms with van der Waals surface area (Å²) in [4.78, 5) is 0. The topological polar surface area (TPSA) is 21.3 Å². The number of halogens is 5. The van der Waals surface area contributed by atoms with Gasteiger partial charge in [-0.1, -0.05) is 17.7 Å². The number of benzene rings is 1. The van der Waals surface area contributed by atoms with Crippen molar-refractivity contribution in [1.82, 2.24) is 5.32 Å². The normalized spacial score (nSPS) is 20.3. The van der Waals surface area contributed by atoms with E-state index in [9.17, 15) is 13.2 Å². The Bertz CT molecular complexity index is 406. The zero-order valence-electron chi connectivity index (χ0n) is 9.26. The first-order chi connectivity index (χ1) is 7.98. The molecule has 7 heteroatoms. The standard InChI is InChI=1S/C11H11ClF3NO.ClH/c12-7-1-2-8(9(5-7)11(13,14)15)10-6-17-4-3-16-10;/h1-2,5,10,16H,3-4,6H2;1H/t10-;/m0./s1. The molecule has 2 rings (SSSR count). The molecule has 1 aromatic rings. The van der Waals surface area contributed by atoms with Crippen molar-refractivity contribution in [2.24, 2.45) is 0 Å². The predicted molar refractivity (Wildman–Crippen MR) is 65.3 cm³/mol. The molecule has 0 bridgehead atoms. The average molecular weight is 302 g/mol. The van der Waals surface area contributed by atoms with Crippen molar-refractivity contribution in [2.75, 3.05) is 19.8 Å².